The number of hydrogen-bond donors (Lipinski definition) is 2. The quantitative estimate of drug-likeness (QED) is 0.846. The first-order valence-corrected chi connectivity index (χ1v) is 5.43. The van der Waals surface area contributed by atoms with Gasteiger partial charge in [-0.3, -0.25) is 9.78 Å². The van der Waals surface area contributed by atoms with Crippen molar-refractivity contribution in [2.24, 2.45) is 5.73 Å². The van der Waals surface area contributed by atoms with E-state index in [1.54, 1.807) is 25.3 Å². The van der Waals surface area contributed by atoms with E-state index in [0.717, 1.165) is 0 Å². The number of aryl methyl sites for hydroxylation is 1. The van der Waals surface area contributed by atoms with E-state index in [-0.39, 0.29) is 17.2 Å². The van der Waals surface area contributed by atoms with Crippen LogP contribution in [0.4, 0.5) is 5.82 Å². The van der Waals surface area contributed by atoms with Gasteiger partial charge in [-0.05, 0) is 19.1 Å². The molecule has 0 radical (unpaired) electrons. The Morgan fingerprint density at radius 3 is 2.67 bits per heavy atom. The van der Waals surface area contributed by atoms with Crippen molar-refractivity contribution in [2.75, 3.05) is 5.73 Å². The number of carbonyl (C=O) groups excluding carboxylic acids is 1. The normalized spacial score (nSPS) is 10.3. The first kappa shape index (κ1) is 12.3. The van der Waals surface area contributed by atoms with Crippen LogP contribution in [-0.2, 0) is 0 Å². The molecule has 0 aliphatic carbocycles. The van der Waals surface area contributed by atoms with Gasteiger partial charge in [-0.1, -0.05) is 11.6 Å². The number of halogens is 1. The molecule has 0 aliphatic rings. The van der Waals surface area contributed by atoms with Gasteiger partial charge < -0.3 is 11.5 Å². The predicted molar refractivity (Wildman–Crippen MR) is 67.9 cm³/mol. The Bertz CT molecular complexity index is 606. The van der Waals surface area contributed by atoms with Crippen LogP contribution in [-0.4, -0.2) is 20.9 Å². The van der Waals surface area contributed by atoms with Crippen LogP contribution in [0.15, 0.2) is 18.3 Å². The van der Waals surface area contributed by atoms with Crippen molar-refractivity contribution in [1.29, 1.82) is 0 Å². The van der Waals surface area contributed by atoms with Crippen LogP contribution in [0.2, 0.25) is 5.02 Å². The zero-order valence-corrected chi connectivity index (χ0v) is 10.3. The molecule has 92 valence electrons. The van der Waals surface area contributed by atoms with Gasteiger partial charge in [-0.15, -0.1) is 0 Å². The summed E-state index contributed by atoms with van der Waals surface area (Å²) in [5, 5.41) is 0.406. The van der Waals surface area contributed by atoms with E-state index in [1.165, 1.54) is 0 Å². The Labute approximate surface area is 108 Å². The minimum atomic E-state index is -0.663. The Morgan fingerprint density at radius 2 is 2.11 bits per heavy atom. The number of pyridine rings is 1. The number of anilines is 1. The maximum absolute atomic E-state index is 11.2. The lowest BCUT2D eigenvalue weighted by Gasteiger charge is -2.08. The van der Waals surface area contributed by atoms with E-state index in [2.05, 4.69) is 15.0 Å². The van der Waals surface area contributed by atoms with Gasteiger partial charge in [0.1, 0.15) is 17.1 Å². The van der Waals surface area contributed by atoms with Crippen LogP contribution < -0.4 is 11.5 Å². The molecule has 1 amide bonds. The molecular formula is C11H10ClN5O. The average molecular weight is 264 g/mol. The van der Waals surface area contributed by atoms with Crippen molar-refractivity contribution in [3.63, 3.8) is 0 Å². The van der Waals surface area contributed by atoms with Gasteiger partial charge in [-0.25, -0.2) is 9.97 Å². The molecule has 7 heteroatoms. The van der Waals surface area contributed by atoms with Gasteiger partial charge >= 0.3 is 0 Å². The molecule has 18 heavy (non-hydrogen) atoms. The highest BCUT2D eigenvalue weighted by Crippen LogP contribution is 2.24. The zero-order chi connectivity index (χ0) is 13.3. The number of amides is 1. The molecule has 0 atom stereocenters. The number of nitrogens with two attached hydrogens (primary N) is 2. The maximum Gasteiger partial charge on any atom is 0.254 e. The molecule has 0 aromatic carbocycles. The Kier molecular flexibility index (Phi) is 3.12. The van der Waals surface area contributed by atoms with Gasteiger partial charge in [0.2, 0.25) is 0 Å². The van der Waals surface area contributed by atoms with Crippen molar-refractivity contribution in [2.45, 2.75) is 6.92 Å². The van der Waals surface area contributed by atoms with E-state index in [0.29, 0.717) is 16.4 Å². The third kappa shape index (κ3) is 2.10. The molecule has 2 aromatic rings. The number of rotatable bonds is 2. The van der Waals surface area contributed by atoms with E-state index in [1.807, 2.05) is 0 Å². The molecule has 0 bridgehead atoms. The first-order valence-electron chi connectivity index (χ1n) is 5.05. The summed E-state index contributed by atoms with van der Waals surface area (Å²) in [5.74, 6) is -0.379. The molecule has 2 rings (SSSR count). The van der Waals surface area contributed by atoms with Crippen LogP contribution >= 0.6 is 11.6 Å². The second-order valence-electron chi connectivity index (χ2n) is 3.59. The second-order valence-corrected chi connectivity index (χ2v) is 4.00. The standard InChI is InChI=1S/C11H10ClN5O/c1-5-7(10(14)18)9(13)17-11(16-5)8-6(12)3-2-4-15-8/h2-4H,1H3,(H2,14,18)(H2,13,16,17). The van der Waals surface area contributed by atoms with Crippen LogP contribution in [0, 0.1) is 6.92 Å². The summed E-state index contributed by atoms with van der Waals surface area (Å²) < 4.78 is 0. The van der Waals surface area contributed by atoms with Crippen molar-refractivity contribution >= 4 is 23.3 Å². The fourth-order valence-corrected chi connectivity index (χ4v) is 1.76. The van der Waals surface area contributed by atoms with Gasteiger partial charge in [0.15, 0.2) is 5.82 Å². The minimum absolute atomic E-state index is 0.0201. The van der Waals surface area contributed by atoms with E-state index >= 15 is 0 Å². The number of carbonyl (C=O) groups is 1. The lowest BCUT2D eigenvalue weighted by molar-refractivity contribution is 0.1000. The molecule has 2 heterocycles. The largest absolute Gasteiger partial charge is 0.383 e. The van der Waals surface area contributed by atoms with Crippen molar-refractivity contribution in [1.82, 2.24) is 15.0 Å². The lowest BCUT2D eigenvalue weighted by Crippen LogP contribution is -2.18. The monoisotopic (exact) mass is 263 g/mol. The number of primary amides is 1. The Morgan fingerprint density at radius 1 is 1.39 bits per heavy atom. The summed E-state index contributed by atoms with van der Waals surface area (Å²) in [7, 11) is 0. The Hall–Kier alpha value is -2.21. The van der Waals surface area contributed by atoms with E-state index in [9.17, 15) is 4.79 Å². The van der Waals surface area contributed by atoms with Gasteiger partial charge in [0.05, 0.1) is 10.7 Å². The fraction of sp³-hybridized carbons (Fsp3) is 0.0909. The average Bonchev–Trinajstić information content (AvgIpc) is 2.27. The third-order valence-corrected chi connectivity index (χ3v) is 2.64. The summed E-state index contributed by atoms with van der Waals surface area (Å²) in [6.07, 6.45) is 1.57. The number of nitrogen functional groups attached to an aromatic ring is 1. The summed E-state index contributed by atoms with van der Waals surface area (Å²) in [4.78, 5) is 23.4. The molecule has 0 unspecified atom stereocenters. The molecule has 0 spiro atoms. The molecule has 2 aromatic heterocycles. The van der Waals surface area contributed by atoms with Gasteiger partial charge in [0.25, 0.3) is 5.91 Å². The summed E-state index contributed by atoms with van der Waals surface area (Å²) in [5.41, 5.74) is 11.8. The molecule has 0 aliphatic heterocycles. The smallest absolute Gasteiger partial charge is 0.254 e. The summed E-state index contributed by atoms with van der Waals surface area (Å²) in [6.45, 7) is 1.62. The first-order chi connectivity index (χ1) is 8.50. The predicted octanol–water partition coefficient (Wildman–Crippen LogP) is 1.18. The molecule has 6 nitrogen and oxygen atoms in total. The zero-order valence-electron chi connectivity index (χ0n) is 9.51. The van der Waals surface area contributed by atoms with Crippen LogP contribution in [0.5, 0.6) is 0 Å². The summed E-state index contributed by atoms with van der Waals surface area (Å²) >= 11 is 5.99. The van der Waals surface area contributed by atoms with Crippen LogP contribution in [0.25, 0.3) is 11.5 Å². The van der Waals surface area contributed by atoms with Gasteiger partial charge in [0, 0.05) is 6.20 Å². The Balaban J connectivity index is 2.62. The third-order valence-electron chi connectivity index (χ3n) is 2.33. The SMILES string of the molecule is Cc1nc(-c2ncccc2Cl)nc(N)c1C(N)=O. The topological polar surface area (TPSA) is 108 Å². The molecule has 0 saturated carbocycles. The highest BCUT2D eigenvalue weighted by atomic mass is 35.5. The van der Waals surface area contributed by atoms with Crippen LogP contribution in [0.1, 0.15) is 16.1 Å². The number of nitrogens with zero attached hydrogens (tertiary/aromatic N) is 3. The lowest BCUT2D eigenvalue weighted by atomic mass is 10.2. The number of aromatic nitrogens is 3. The molecule has 0 fully saturated rings. The van der Waals surface area contributed by atoms with Crippen molar-refractivity contribution in [3.8, 4) is 11.5 Å². The molecule has 4 N–H and O–H groups in total. The minimum Gasteiger partial charge on any atom is -0.383 e. The molecular weight excluding hydrogens is 254 g/mol. The van der Waals surface area contributed by atoms with Crippen molar-refractivity contribution in [3.05, 3.63) is 34.6 Å². The van der Waals surface area contributed by atoms with Crippen molar-refractivity contribution < 1.29 is 4.79 Å². The van der Waals surface area contributed by atoms with E-state index < -0.39 is 5.91 Å². The van der Waals surface area contributed by atoms with E-state index in [4.69, 9.17) is 23.1 Å². The second kappa shape index (κ2) is 4.58. The fourth-order valence-electron chi connectivity index (χ4n) is 1.56. The highest BCUT2D eigenvalue weighted by Gasteiger charge is 2.16. The number of hydrogen-bond acceptors (Lipinski definition) is 5. The van der Waals surface area contributed by atoms with Gasteiger partial charge in [-0.2, -0.15) is 0 Å². The summed E-state index contributed by atoms with van der Waals surface area (Å²) in [6, 6.07) is 3.36. The highest BCUT2D eigenvalue weighted by molar-refractivity contribution is 6.32. The maximum atomic E-state index is 11.2. The molecule has 0 saturated heterocycles. The van der Waals surface area contributed by atoms with Crippen LogP contribution in [0.3, 0.4) is 0 Å².